The van der Waals surface area contributed by atoms with Crippen LogP contribution in [-0.4, -0.2) is 6.04 Å². The molecule has 0 aliphatic heterocycles. The first-order valence-corrected chi connectivity index (χ1v) is 7.78. The molecule has 2 atom stereocenters. The van der Waals surface area contributed by atoms with Crippen molar-refractivity contribution in [3.05, 3.63) is 35.4 Å². The van der Waals surface area contributed by atoms with Crippen LogP contribution < -0.4 is 5.32 Å². The Morgan fingerprint density at radius 2 is 1.50 bits per heavy atom. The van der Waals surface area contributed by atoms with Crippen molar-refractivity contribution < 1.29 is 8.78 Å². The van der Waals surface area contributed by atoms with Gasteiger partial charge in [-0.05, 0) is 50.3 Å². The summed E-state index contributed by atoms with van der Waals surface area (Å²) >= 11 is 0. The second-order valence-corrected chi connectivity index (χ2v) is 6.13. The predicted molar refractivity (Wildman–Crippen MR) is 78.6 cm³/mol. The van der Waals surface area contributed by atoms with Crippen molar-refractivity contribution in [3.8, 4) is 0 Å². The zero-order valence-electron chi connectivity index (χ0n) is 12.5. The van der Waals surface area contributed by atoms with E-state index in [1.165, 1.54) is 50.7 Å². The third-order valence-corrected chi connectivity index (χ3v) is 4.50. The third-order valence-electron chi connectivity index (χ3n) is 4.50. The second-order valence-electron chi connectivity index (χ2n) is 6.13. The summed E-state index contributed by atoms with van der Waals surface area (Å²) in [6.07, 6.45) is 7.82. The lowest BCUT2D eigenvalue weighted by molar-refractivity contribution is 0.316. The van der Waals surface area contributed by atoms with E-state index >= 15 is 0 Å². The molecule has 1 aliphatic rings. The van der Waals surface area contributed by atoms with E-state index in [2.05, 4.69) is 12.2 Å². The Morgan fingerprint density at radius 1 is 0.950 bits per heavy atom. The van der Waals surface area contributed by atoms with Gasteiger partial charge in [0.1, 0.15) is 11.6 Å². The van der Waals surface area contributed by atoms with Gasteiger partial charge in [-0.3, -0.25) is 0 Å². The number of rotatable bonds is 4. The molecule has 1 saturated carbocycles. The van der Waals surface area contributed by atoms with Gasteiger partial charge in [-0.2, -0.15) is 0 Å². The topological polar surface area (TPSA) is 12.0 Å². The monoisotopic (exact) mass is 281 g/mol. The molecule has 1 fully saturated rings. The van der Waals surface area contributed by atoms with E-state index in [0.717, 1.165) is 6.07 Å². The van der Waals surface area contributed by atoms with Crippen LogP contribution in [0.15, 0.2) is 18.2 Å². The minimum atomic E-state index is -0.504. The summed E-state index contributed by atoms with van der Waals surface area (Å²) in [5, 5.41) is 3.51. The Hall–Kier alpha value is -0.960. The summed E-state index contributed by atoms with van der Waals surface area (Å²) in [5.74, 6) is -0.329. The van der Waals surface area contributed by atoms with Crippen molar-refractivity contribution >= 4 is 0 Å². The molecule has 0 bridgehead atoms. The van der Waals surface area contributed by atoms with Crippen molar-refractivity contribution in [2.24, 2.45) is 5.92 Å². The zero-order valence-corrected chi connectivity index (χ0v) is 12.5. The average Bonchev–Trinajstić information content (AvgIpc) is 2.66. The lowest BCUT2D eigenvalue weighted by Crippen LogP contribution is -2.35. The minimum absolute atomic E-state index is 0.0292. The quantitative estimate of drug-likeness (QED) is 0.768. The Balaban J connectivity index is 1.97. The Kier molecular flexibility index (Phi) is 5.53. The van der Waals surface area contributed by atoms with Gasteiger partial charge in [0.25, 0.3) is 0 Å². The fourth-order valence-electron chi connectivity index (χ4n) is 3.26. The van der Waals surface area contributed by atoms with Crippen molar-refractivity contribution in [1.82, 2.24) is 5.32 Å². The molecule has 1 N–H and O–H groups in total. The van der Waals surface area contributed by atoms with Crippen molar-refractivity contribution in [2.45, 2.75) is 64.5 Å². The van der Waals surface area contributed by atoms with Gasteiger partial charge in [0, 0.05) is 18.2 Å². The average molecular weight is 281 g/mol. The SMILES string of the molecule is CC(N[C@H](C)C1CCCCCC1)c1cc(F)cc(F)c1. The van der Waals surface area contributed by atoms with Gasteiger partial charge >= 0.3 is 0 Å². The van der Waals surface area contributed by atoms with Crippen LogP contribution in [0.4, 0.5) is 8.78 Å². The first kappa shape index (κ1) is 15.4. The van der Waals surface area contributed by atoms with Gasteiger partial charge in [-0.15, -0.1) is 0 Å². The fourth-order valence-corrected chi connectivity index (χ4v) is 3.26. The highest BCUT2D eigenvalue weighted by Crippen LogP contribution is 2.27. The smallest absolute Gasteiger partial charge is 0.126 e. The van der Waals surface area contributed by atoms with Gasteiger partial charge in [0.15, 0.2) is 0 Å². The van der Waals surface area contributed by atoms with E-state index in [0.29, 0.717) is 17.5 Å². The van der Waals surface area contributed by atoms with E-state index in [-0.39, 0.29) is 6.04 Å². The molecule has 1 unspecified atom stereocenters. The van der Waals surface area contributed by atoms with E-state index in [4.69, 9.17) is 0 Å². The summed E-state index contributed by atoms with van der Waals surface area (Å²) in [7, 11) is 0. The van der Waals surface area contributed by atoms with Gasteiger partial charge < -0.3 is 5.32 Å². The maximum absolute atomic E-state index is 13.3. The van der Waals surface area contributed by atoms with E-state index in [1.54, 1.807) is 0 Å². The largest absolute Gasteiger partial charge is 0.307 e. The van der Waals surface area contributed by atoms with Crippen LogP contribution in [0, 0.1) is 17.6 Å². The van der Waals surface area contributed by atoms with Crippen LogP contribution in [0.2, 0.25) is 0 Å². The van der Waals surface area contributed by atoms with Crippen LogP contribution in [-0.2, 0) is 0 Å². The normalized spacial score (nSPS) is 20.4. The van der Waals surface area contributed by atoms with E-state index in [1.807, 2.05) is 6.92 Å². The minimum Gasteiger partial charge on any atom is -0.307 e. The molecule has 112 valence electrons. The highest BCUT2D eigenvalue weighted by molar-refractivity contribution is 5.21. The van der Waals surface area contributed by atoms with Gasteiger partial charge in [0.05, 0.1) is 0 Å². The van der Waals surface area contributed by atoms with Crippen LogP contribution in [0.1, 0.15) is 64.0 Å². The Morgan fingerprint density at radius 3 is 2.05 bits per heavy atom. The lowest BCUT2D eigenvalue weighted by Gasteiger charge is -2.27. The van der Waals surface area contributed by atoms with E-state index < -0.39 is 11.6 Å². The first-order valence-electron chi connectivity index (χ1n) is 7.78. The third kappa shape index (κ3) is 4.27. The summed E-state index contributed by atoms with van der Waals surface area (Å²) in [5.41, 5.74) is 0.683. The number of hydrogen-bond acceptors (Lipinski definition) is 1. The van der Waals surface area contributed by atoms with Crippen LogP contribution in [0.25, 0.3) is 0 Å². The molecular formula is C17H25F2N. The van der Waals surface area contributed by atoms with E-state index in [9.17, 15) is 8.78 Å². The predicted octanol–water partition coefficient (Wildman–Crippen LogP) is 4.97. The lowest BCUT2D eigenvalue weighted by atomic mass is 9.92. The summed E-state index contributed by atoms with van der Waals surface area (Å²) < 4.78 is 26.5. The summed E-state index contributed by atoms with van der Waals surface area (Å²) in [6, 6.07) is 4.11. The Labute approximate surface area is 120 Å². The number of nitrogens with one attached hydrogen (secondary N) is 1. The zero-order chi connectivity index (χ0) is 14.5. The number of halogens is 2. The second kappa shape index (κ2) is 7.16. The molecular weight excluding hydrogens is 256 g/mol. The molecule has 20 heavy (non-hydrogen) atoms. The standard InChI is InChI=1S/C17H25F2N/c1-12(14-7-5-3-4-6-8-14)20-13(2)15-9-16(18)11-17(19)10-15/h9-14,20H,3-8H2,1-2H3/t12-,13?/m1/s1. The molecule has 0 radical (unpaired) electrons. The highest BCUT2D eigenvalue weighted by Gasteiger charge is 2.21. The number of hydrogen-bond donors (Lipinski definition) is 1. The molecule has 2 rings (SSSR count). The van der Waals surface area contributed by atoms with Crippen molar-refractivity contribution in [3.63, 3.8) is 0 Å². The molecule has 1 aliphatic carbocycles. The van der Waals surface area contributed by atoms with Crippen LogP contribution in [0.5, 0.6) is 0 Å². The maximum Gasteiger partial charge on any atom is 0.126 e. The highest BCUT2D eigenvalue weighted by atomic mass is 19.1. The van der Waals surface area contributed by atoms with Crippen molar-refractivity contribution in [1.29, 1.82) is 0 Å². The van der Waals surface area contributed by atoms with Crippen LogP contribution in [0.3, 0.4) is 0 Å². The van der Waals surface area contributed by atoms with Gasteiger partial charge in [-0.1, -0.05) is 25.7 Å². The summed E-state index contributed by atoms with van der Waals surface area (Å²) in [4.78, 5) is 0. The molecule has 0 saturated heterocycles. The number of benzene rings is 1. The Bertz CT molecular complexity index is 405. The first-order chi connectivity index (χ1) is 9.56. The van der Waals surface area contributed by atoms with Gasteiger partial charge in [0.2, 0.25) is 0 Å². The van der Waals surface area contributed by atoms with Crippen LogP contribution >= 0.6 is 0 Å². The molecule has 1 aromatic rings. The molecule has 0 heterocycles. The molecule has 0 spiro atoms. The molecule has 3 heteroatoms. The maximum atomic E-state index is 13.3. The fraction of sp³-hybridized carbons (Fsp3) is 0.647. The molecule has 1 nitrogen and oxygen atoms in total. The molecule has 1 aromatic carbocycles. The molecule has 0 amide bonds. The van der Waals surface area contributed by atoms with Crippen molar-refractivity contribution in [2.75, 3.05) is 0 Å². The summed E-state index contributed by atoms with van der Waals surface area (Å²) in [6.45, 7) is 4.17. The molecule has 0 aromatic heterocycles. The van der Waals surface area contributed by atoms with Gasteiger partial charge in [-0.25, -0.2) is 8.78 Å².